The highest BCUT2D eigenvalue weighted by atomic mass is 35.5. The van der Waals surface area contributed by atoms with Crippen LogP contribution in [0.4, 0.5) is 5.13 Å². The second-order valence-corrected chi connectivity index (χ2v) is 6.07. The van der Waals surface area contributed by atoms with E-state index in [1.807, 2.05) is 0 Å². The summed E-state index contributed by atoms with van der Waals surface area (Å²) in [4.78, 5) is 15.7. The summed E-state index contributed by atoms with van der Waals surface area (Å²) in [6, 6.07) is 0. The molecule has 0 atom stereocenters. The monoisotopic (exact) mass is 288 g/mol. The highest BCUT2D eigenvalue weighted by Gasteiger charge is 2.38. The third-order valence-electron chi connectivity index (χ3n) is 3.57. The molecule has 1 aliphatic carbocycles. The standard InChI is InChI=1S/C12H17ClN2O2S/c13-9-7-18-11(15-9)14-8-12(10(16)17)5-3-1-2-4-6-12/h7H,1-6,8H2,(H,14,15)(H,16,17). The number of halogens is 1. The number of nitrogens with one attached hydrogen (secondary N) is 1. The topological polar surface area (TPSA) is 62.2 Å². The fourth-order valence-corrected chi connectivity index (χ4v) is 3.29. The second kappa shape index (κ2) is 5.89. The molecule has 6 heteroatoms. The van der Waals surface area contributed by atoms with Crippen molar-refractivity contribution in [3.05, 3.63) is 10.5 Å². The van der Waals surface area contributed by atoms with E-state index in [-0.39, 0.29) is 0 Å². The van der Waals surface area contributed by atoms with Crippen LogP contribution in [0.25, 0.3) is 0 Å². The molecule has 0 spiro atoms. The molecule has 1 aromatic heterocycles. The van der Waals surface area contributed by atoms with Gasteiger partial charge in [0.1, 0.15) is 5.15 Å². The quantitative estimate of drug-likeness (QED) is 0.831. The normalized spacial score (nSPS) is 19.2. The lowest BCUT2D eigenvalue weighted by Gasteiger charge is -2.28. The first-order valence-corrected chi connectivity index (χ1v) is 7.46. The summed E-state index contributed by atoms with van der Waals surface area (Å²) in [5, 5.41) is 15.5. The van der Waals surface area contributed by atoms with Crippen LogP contribution in [0, 0.1) is 5.41 Å². The molecule has 0 bridgehead atoms. The van der Waals surface area contributed by atoms with Gasteiger partial charge in [-0.1, -0.05) is 37.3 Å². The smallest absolute Gasteiger partial charge is 0.311 e. The van der Waals surface area contributed by atoms with Crippen LogP contribution in [-0.2, 0) is 4.79 Å². The number of carbonyl (C=O) groups is 1. The van der Waals surface area contributed by atoms with Crippen LogP contribution in [0.5, 0.6) is 0 Å². The molecule has 1 fully saturated rings. The number of hydrogen-bond donors (Lipinski definition) is 2. The van der Waals surface area contributed by atoms with E-state index in [1.165, 1.54) is 11.3 Å². The minimum Gasteiger partial charge on any atom is -0.481 e. The molecular formula is C12H17ClN2O2S. The Morgan fingerprint density at radius 3 is 2.61 bits per heavy atom. The Hall–Kier alpha value is -0.810. The largest absolute Gasteiger partial charge is 0.481 e. The number of carboxylic acid groups (broad SMARTS) is 1. The molecule has 1 saturated carbocycles. The van der Waals surface area contributed by atoms with Gasteiger partial charge in [-0.3, -0.25) is 4.79 Å². The second-order valence-electron chi connectivity index (χ2n) is 4.83. The van der Waals surface area contributed by atoms with Crippen molar-refractivity contribution in [3.63, 3.8) is 0 Å². The van der Waals surface area contributed by atoms with Crippen LogP contribution in [-0.4, -0.2) is 22.6 Å². The number of carboxylic acids is 1. The molecule has 100 valence electrons. The van der Waals surface area contributed by atoms with Crippen molar-refractivity contribution >= 4 is 34.0 Å². The van der Waals surface area contributed by atoms with Crippen molar-refractivity contribution < 1.29 is 9.90 Å². The van der Waals surface area contributed by atoms with Crippen LogP contribution in [0.3, 0.4) is 0 Å². The third kappa shape index (κ3) is 3.14. The molecule has 1 aromatic rings. The first kappa shape index (κ1) is 13.6. The molecule has 0 aromatic carbocycles. The van der Waals surface area contributed by atoms with Gasteiger partial charge in [-0.15, -0.1) is 11.3 Å². The summed E-state index contributed by atoms with van der Waals surface area (Å²) in [5.74, 6) is -0.695. The van der Waals surface area contributed by atoms with E-state index < -0.39 is 11.4 Å². The zero-order chi connectivity index (χ0) is 13.0. The summed E-state index contributed by atoms with van der Waals surface area (Å²) >= 11 is 7.15. The number of hydrogen-bond acceptors (Lipinski definition) is 4. The van der Waals surface area contributed by atoms with Crippen molar-refractivity contribution in [2.24, 2.45) is 5.41 Å². The maximum atomic E-state index is 11.6. The number of nitrogens with zero attached hydrogens (tertiary/aromatic N) is 1. The first-order chi connectivity index (χ1) is 8.62. The van der Waals surface area contributed by atoms with Gasteiger partial charge in [0.2, 0.25) is 0 Å². The maximum absolute atomic E-state index is 11.6. The maximum Gasteiger partial charge on any atom is 0.311 e. The molecular weight excluding hydrogens is 272 g/mol. The number of rotatable bonds is 4. The van der Waals surface area contributed by atoms with Gasteiger partial charge >= 0.3 is 5.97 Å². The van der Waals surface area contributed by atoms with Gasteiger partial charge in [0.25, 0.3) is 0 Å². The van der Waals surface area contributed by atoms with E-state index in [9.17, 15) is 9.90 Å². The number of aliphatic carboxylic acids is 1. The number of anilines is 1. The van der Waals surface area contributed by atoms with Crippen LogP contribution < -0.4 is 5.32 Å². The fourth-order valence-electron chi connectivity index (χ4n) is 2.45. The van der Waals surface area contributed by atoms with Crippen molar-refractivity contribution in [1.29, 1.82) is 0 Å². The molecule has 0 saturated heterocycles. The van der Waals surface area contributed by atoms with Gasteiger partial charge in [0.05, 0.1) is 5.41 Å². The van der Waals surface area contributed by atoms with Crippen LogP contribution in [0.2, 0.25) is 5.15 Å². The third-order valence-corrected chi connectivity index (χ3v) is 4.69. The fraction of sp³-hybridized carbons (Fsp3) is 0.667. The Bertz CT molecular complexity index is 414. The summed E-state index contributed by atoms with van der Waals surface area (Å²) < 4.78 is 0. The summed E-state index contributed by atoms with van der Waals surface area (Å²) in [5.41, 5.74) is -0.644. The molecule has 0 unspecified atom stereocenters. The van der Waals surface area contributed by atoms with Crippen molar-refractivity contribution in [3.8, 4) is 0 Å². The average molecular weight is 289 g/mol. The van der Waals surface area contributed by atoms with Crippen molar-refractivity contribution in [1.82, 2.24) is 4.98 Å². The van der Waals surface area contributed by atoms with Crippen molar-refractivity contribution in [2.75, 3.05) is 11.9 Å². The highest BCUT2D eigenvalue weighted by Crippen LogP contribution is 2.36. The van der Waals surface area contributed by atoms with E-state index >= 15 is 0 Å². The molecule has 1 aliphatic rings. The molecule has 18 heavy (non-hydrogen) atoms. The Balaban J connectivity index is 2.03. The molecule has 2 rings (SSSR count). The number of aromatic nitrogens is 1. The van der Waals surface area contributed by atoms with Crippen LogP contribution >= 0.6 is 22.9 Å². The highest BCUT2D eigenvalue weighted by molar-refractivity contribution is 7.14. The predicted octanol–water partition coefficient (Wildman–Crippen LogP) is 3.63. The zero-order valence-corrected chi connectivity index (χ0v) is 11.7. The van der Waals surface area contributed by atoms with Gasteiger partial charge in [0, 0.05) is 11.9 Å². The first-order valence-electron chi connectivity index (χ1n) is 6.21. The molecule has 2 N–H and O–H groups in total. The van der Waals surface area contributed by atoms with Crippen LogP contribution in [0.1, 0.15) is 38.5 Å². The Labute approximate surface area is 115 Å². The summed E-state index contributed by atoms with van der Waals surface area (Å²) in [6.45, 7) is 0.437. The molecule has 0 aliphatic heterocycles. The lowest BCUT2D eigenvalue weighted by molar-refractivity contribution is -0.149. The average Bonchev–Trinajstić information content (AvgIpc) is 2.62. The van der Waals surface area contributed by atoms with Gasteiger partial charge in [0.15, 0.2) is 5.13 Å². The van der Waals surface area contributed by atoms with Crippen molar-refractivity contribution in [2.45, 2.75) is 38.5 Å². The lowest BCUT2D eigenvalue weighted by atomic mass is 9.80. The van der Waals surface area contributed by atoms with Gasteiger partial charge in [-0.05, 0) is 12.8 Å². The zero-order valence-electron chi connectivity index (χ0n) is 10.1. The minimum atomic E-state index is -0.695. The lowest BCUT2D eigenvalue weighted by Crippen LogP contribution is -2.37. The predicted molar refractivity (Wildman–Crippen MR) is 73.4 cm³/mol. The van der Waals surface area contributed by atoms with Crippen LogP contribution in [0.15, 0.2) is 5.38 Å². The Morgan fingerprint density at radius 2 is 2.11 bits per heavy atom. The Kier molecular flexibility index (Phi) is 4.45. The van der Waals surface area contributed by atoms with E-state index in [0.29, 0.717) is 16.8 Å². The van der Waals surface area contributed by atoms with Gasteiger partial charge in [-0.25, -0.2) is 4.98 Å². The van der Waals surface area contributed by atoms with Gasteiger partial charge in [-0.2, -0.15) is 0 Å². The molecule has 1 heterocycles. The molecule has 0 amide bonds. The minimum absolute atomic E-state index is 0.437. The summed E-state index contributed by atoms with van der Waals surface area (Å²) in [6.07, 6.45) is 5.75. The van der Waals surface area contributed by atoms with E-state index in [1.54, 1.807) is 5.38 Å². The molecule has 4 nitrogen and oxygen atoms in total. The van der Waals surface area contributed by atoms with E-state index in [2.05, 4.69) is 10.3 Å². The van der Waals surface area contributed by atoms with E-state index in [0.717, 1.165) is 38.5 Å². The van der Waals surface area contributed by atoms with Gasteiger partial charge < -0.3 is 10.4 Å². The Morgan fingerprint density at radius 1 is 1.44 bits per heavy atom. The summed E-state index contributed by atoms with van der Waals surface area (Å²) in [7, 11) is 0. The SMILES string of the molecule is O=C(O)C1(CNc2nc(Cl)cs2)CCCCCC1. The number of thiazole rings is 1. The molecule has 0 radical (unpaired) electrons. The van der Waals surface area contributed by atoms with E-state index in [4.69, 9.17) is 11.6 Å².